The summed E-state index contributed by atoms with van der Waals surface area (Å²) in [5, 5.41) is 4.24. The molecular formula is C13H26N4O. The van der Waals surface area contributed by atoms with E-state index in [1.807, 2.05) is 24.1 Å². The fraction of sp³-hybridized carbons (Fsp3) is 0.769. The van der Waals surface area contributed by atoms with Crippen LogP contribution in [0, 0.1) is 0 Å². The van der Waals surface area contributed by atoms with Gasteiger partial charge in [0.2, 0.25) is 0 Å². The van der Waals surface area contributed by atoms with Crippen molar-refractivity contribution in [2.75, 3.05) is 26.8 Å². The average molecular weight is 254 g/mol. The molecule has 0 aliphatic carbocycles. The van der Waals surface area contributed by atoms with Gasteiger partial charge in [-0.15, -0.1) is 0 Å². The van der Waals surface area contributed by atoms with Crippen LogP contribution >= 0.6 is 0 Å². The molecule has 5 nitrogen and oxygen atoms in total. The van der Waals surface area contributed by atoms with Crippen molar-refractivity contribution in [1.82, 2.24) is 14.7 Å². The monoisotopic (exact) mass is 254 g/mol. The van der Waals surface area contributed by atoms with Gasteiger partial charge in [-0.1, -0.05) is 6.92 Å². The lowest BCUT2D eigenvalue weighted by atomic mass is 10.1. The van der Waals surface area contributed by atoms with Crippen molar-refractivity contribution >= 4 is 0 Å². The van der Waals surface area contributed by atoms with Gasteiger partial charge < -0.3 is 10.5 Å². The minimum atomic E-state index is 0.212. The van der Waals surface area contributed by atoms with Crippen molar-refractivity contribution in [3.8, 4) is 0 Å². The van der Waals surface area contributed by atoms with E-state index in [1.165, 1.54) is 5.56 Å². The number of aryl methyl sites for hydroxylation is 1. The van der Waals surface area contributed by atoms with Gasteiger partial charge in [0, 0.05) is 45.0 Å². The molecule has 1 aromatic rings. The van der Waals surface area contributed by atoms with Crippen molar-refractivity contribution < 1.29 is 4.74 Å². The predicted octanol–water partition coefficient (Wildman–Crippen LogP) is 1.17. The first-order valence-corrected chi connectivity index (χ1v) is 6.57. The highest BCUT2D eigenvalue weighted by molar-refractivity contribution is 5.11. The standard InChI is InChI=1S/C13H26N4O/c1-5-11(2)17(6-7-18-4)13(8-14)12-9-15-16(3)10-12/h9-11,13H,5-8,14H2,1-4H3. The maximum atomic E-state index is 5.96. The molecule has 0 spiro atoms. The Kier molecular flexibility index (Phi) is 6.32. The Morgan fingerprint density at radius 2 is 2.28 bits per heavy atom. The van der Waals surface area contributed by atoms with Crippen LogP contribution in [0.5, 0.6) is 0 Å². The molecule has 5 heteroatoms. The van der Waals surface area contributed by atoms with Crippen molar-refractivity contribution in [1.29, 1.82) is 0 Å². The second-order valence-electron chi connectivity index (χ2n) is 4.69. The van der Waals surface area contributed by atoms with E-state index >= 15 is 0 Å². The minimum Gasteiger partial charge on any atom is -0.383 e. The van der Waals surface area contributed by atoms with Crippen LogP contribution in [-0.2, 0) is 11.8 Å². The maximum Gasteiger partial charge on any atom is 0.0590 e. The SMILES string of the molecule is CCC(C)N(CCOC)C(CN)c1cnn(C)c1. The summed E-state index contributed by atoms with van der Waals surface area (Å²) in [5.74, 6) is 0. The number of methoxy groups -OCH3 is 1. The number of rotatable bonds is 8. The summed E-state index contributed by atoms with van der Waals surface area (Å²) in [7, 11) is 3.66. The van der Waals surface area contributed by atoms with Crippen molar-refractivity contribution in [2.45, 2.75) is 32.4 Å². The van der Waals surface area contributed by atoms with Crippen LogP contribution < -0.4 is 5.73 Å². The van der Waals surface area contributed by atoms with Crippen molar-refractivity contribution in [3.05, 3.63) is 18.0 Å². The molecule has 1 rings (SSSR count). The summed E-state index contributed by atoms with van der Waals surface area (Å²) in [6.45, 7) is 6.64. The molecule has 1 heterocycles. The zero-order valence-electron chi connectivity index (χ0n) is 12.0. The van der Waals surface area contributed by atoms with Crippen LogP contribution in [0.4, 0.5) is 0 Å². The Balaban J connectivity index is 2.85. The molecular weight excluding hydrogens is 228 g/mol. The van der Waals surface area contributed by atoms with E-state index in [-0.39, 0.29) is 6.04 Å². The van der Waals surface area contributed by atoms with E-state index in [2.05, 4.69) is 23.8 Å². The third-order valence-corrected chi connectivity index (χ3v) is 3.44. The first kappa shape index (κ1) is 15.1. The number of aromatic nitrogens is 2. The Labute approximate surface area is 110 Å². The fourth-order valence-corrected chi connectivity index (χ4v) is 2.19. The van der Waals surface area contributed by atoms with Gasteiger partial charge >= 0.3 is 0 Å². The lowest BCUT2D eigenvalue weighted by molar-refractivity contribution is 0.0902. The topological polar surface area (TPSA) is 56.3 Å². The Morgan fingerprint density at radius 1 is 1.56 bits per heavy atom. The van der Waals surface area contributed by atoms with Crippen LogP contribution in [-0.4, -0.2) is 47.5 Å². The number of hydrogen-bond acceptors (Lipinski definition) is 4. The smallest absolute Gasteiger partial charge is 0.0590 e. The highest BCUT2D eigenvalue weighted by Crippen LogP contribution is 2.22. The summed E-state index contributed by atoms with van der Waals surface area (Å²) in [6.07, 6.45) is 5.04. The highest BCUT2D eigenvalue weighted by Gasteiger charge is 2.23. The molecule has 0 amide bonds. The lowest BCUT2D eigenvalue weighted by Crippen LogP contribution is -2.41. The van der Waals surface area contributed by atoms with Gasteiger partial charge in [0.15, 0.2) is 0 Å². The fourth-order valence-electron chi connectivity index (χ4n) is 2.19. The van der Waals surface area contributed by atoms with Crippen molar-refractivity contribution in [3.63, 3.8) is 0 Å². The molecule has 0 radical (unpaired) electrons. The normalized spacial score (nSPS) is 15.0. The molecule has 0 bridgehead atoms. The van der Waals surface area contributed by atoms with Crippen LogP contribution in [0.3, 0.4) is 0 Å². The third kappa shape index (κ3) is 3.80. The van der Waals surface area contributed by atoms with Crippen LogP contribution in [0.2, 0.25) is 0 Å². The van der Waals surface area contributed by atoms with E-state index < -0.39 is 0 Å². The van der Waals surface area contributed by atoms with Crippen LogP contribution in [0.1, 0.15) is 31.9 Å². The van der Waals surface area contributed by atoms with Crippen LogP contribution in [0.15, 0.2) is 12.4 Å². The van der Waals surface area contributed by atoms with Gasteiger partial charge in [-0.05, 0) is 13.3 Å². The van der Waals surface area contributed by atoms with E-state index in [0.717, 1.165) is 19.6 Å². The van der Waals surface area contributed by atoms with E-state index in [4.69, 9.17) is 10.5 Å². The number of nitrogens with two attached hydrogens (primary N) is 1. The molecule has 2 atom stereocenters. The molecule has 1 aromatic heterocycles. The average Bonchev–Trinajstić information content (AvgIpc) is 2.80. The van der Waals surface area contributed by atoms with Gasteiger partial charge in [0.25, 0.3) is 0 Å². The summed E-state index contributed by atoms with van der Waals surface area (Å²) in [4.78, 5) is 2.40. The Bertz CT molecular complexity index is 339. The van der Waals surface area contributed by atoms with E-state index in [9.17, 15) is 0 Å². The van der Waals surface area contributed by atoms with Gasteiger partial charge in [-0.25, -0.2) is 0 Å². The van der Waals surface area contributed by atoms with E-state index in [1.54, 1.807) is 7.11 Å². The largest absolute Gasteiger partial charge is 0.383 e. The summed E-state index contributed by atoms with van der Waals surface area (Å²) in [6, 6.07) is 0.692. The number of hydrogen-bond donors (Lipinski definition) is 1. The molecule has 2 N–H and O–H groups in total. The quantitative estimate of drug-likeness (QED) is 0.756. The first-order chi connectivity index (χ1) is 8.63. The lowest BCUT2D eigenvalue weighted by Gasteiger charge is -2.35. The zero-order valence-corrected chi connectivity index (χ0v) is 12.0. The molecule has 0 fully saturated rings. The summed E-state index contributed by atoms with van der Waals surface area (Å²) < 4.78 is 7.02. The highest BCUT2D eigenvalue weighted by atomic mass is 16.5. The van der Waals surface area contributed by atoms with Gasteiger partial charge in [-0.3, -0.25) is 9.58 Å². The zero-order chi connectivity index (χ0) is 13.5. The van der Waals surface area contributed by atoms with Gasteiger partial charge in [-0.2, -0.15) is 5.10 Å². The molecule has 0 aliphatic heterocycles. The maximum absolute atomic E-state index is 5.96. The number of nitrogens with zero attached hydrogens (tertiary/aromatic N) is 3. The third-order valence-electron chi connectivity index (χ3n) is 3.44. The molecule has 104 valence electrons. The van der Waals surface area contributed by atoms with Crippen molar-refractivity contribution in [2.24, 2.45) is 12.8 Å². The Morgan fingerprint density at radius 3 is 2.72 bits per heavy atom. The predicted molar refractivity (Wildman–Crippen MR) is 73.3 cm³/mol. The van der Waals surface area contributed by atoms with Crippen LogP contribution in [0.25, 0.3) is 0 Å². The molecule has 0 aromatic carbocycles. The van der Waals surface area contributed by atoms with Gasteiger partial charge in [0.1, 0.15) is 0 Å². The first-order valence-electron chi connectivity index (χ1n) is 6.57. The molecule has 0 saturated heterocycles. The summed E-state index contributed by atoms with van der Waals surface area (Å²) in [5.41, 5.74) is 7.14. The Hall–Kier alpha value is -0.910. The second-order valence-corrected chi connectivity index (χ2v) is 4.69. The molecule has 0 aliphatic rings. The molecule has 0 saturated carbocycles. The molecule has 2 unspecified atom stereocenters. The minimum absolute atomic E-state index is 0.212. The number of ether oxygens (including phenoxy) is 1. The van der Waals surface area contributed by atoms with E-state index in [0.29, 0.717) is 12.6 Å². The summed E-state index contributed by atoms with van der Waals surface area (Å²) >= 11 is 0. The van der Waals surface area contributed by atoms with Gasteiger partial charge in [0.05, 0.1) is 18.8 Å². The molecule has 18 heavy (non-hydrogen) atoms. The second kappa shape index (κ2) is 7.51.